The number of aromatic nitrogens is 3. The zero-order valence-corrected chi connectivity index (χ0v) is 9.39. The lowest BCUT2D eigenvalue weighted by Crippen LogP contribution is -2.41. The number of nitrogens with one attached hydrogen (secondary N) is 1. The lowest BCUT2D eigenvalue weighted by atomic mass is 9.92. The van der Waals surface area contributed by atoms with Gasteiger partial charge < -0.3 is 11.1 Å². The fraction of sp³-hybridized carbons (Fsp3) is 0.700. The van der Waals surface area contributed by atoms with Crippen LogP contribution in [0.25, 0.3) is 0 Å². The van der Waals surface area contributed by atoms with Crippen LogP contribution in [0.1, 0.15) is 36.3 Å². The van der Waals surface area contributed by atoms with Gasteiger partial charge in [0.2, 0.25) is 5.82 Å². The van der Waals surface area contributed by atoms with Crippen LogP contribution in [0.4, 0.5) is 0 Å². The predicted molar refractivity (Wildman–Crippen MR) is 58.7 cm³/mol. The second-order valence-electron chi connectivity index (χ2n) is 4.29. The number of nitrogens with zero attached hydrogens (tertiary/aromatic N) is 3. The van der Waals surface area contributed by atoms with Gasteiger partial charge in [0.25, 0.3) is 5.91 Å². The molecule has 6 nitrogen and oxygen atoms in total. The SMILES string of the molecule is Cn1ncnc1C(=O)N[C@H]1CC[C@H](N)CC1. The number of carbonyl (C=O) groups is 1. The summed E-state index contributed by atoms with van der Waals surface area (Å²) in [5, 5.41) is 6.83. The number of amides is 1. The topological polar surface area (TPSA) is 85.8 Å². The molecule has 2 rings (SSSR count). The summed E-state index contributed by atoms with van der Waals surface area (Å²) in [5.74, 6) is 0.204. The first-order valence-corrected chi connectivity index (χ1v) is 5.57. The molecule has 1 aromatic rings. The van der Waals surface area contributed by atoms with Gasteiger partial charge >= 0.3 is 0 Å². The van der Waals surface area contributed by atoms with E-state index in [1.165, 1.54) is 11.0 Å². The Bertz CT molecular complexity index is 367. The standard InChI is InChI=1S/C10H17N5O/c1-15-9(12-6-13-15)10(16)14-8-4-2-7(11)3-5-8/h6-8H,2-5,11H2,1H3,(H,14,16)/t7-,8-. The van der Waals surface area contributed by atoms with Gasteiger partial charge in [0, 0.05) is 19.1 Å². The molecule has 3 N–H and O–H groups in total. The Hall–Kier alpha value is -1.43. The van der Waals surface area contributed by atoms with Crippen molar-refractivity contribution in [2.24, 2.45) is 12.8 Å². The molecule has 1 aliphatic rings. The monoisotopic (exact) mass is 223 g/mol. The van der Waals surface area contributed by atoms with Crippen molar-refractivity contribution in [3.63, 3.8) is 0 Å². The molecule has 0 atom stereocenters. The average molecular weight is 223 g/mol. The Kier molecular flexibility index (Phi) is 3.19. The minimum absolute atomic E-state index is 0.152. The van der Waals surface area contributed by atoms with Gasteiger partial charge in [-0.05, 0) is 25.7 Å². The molecule has 0 spiro atoms. The van der Waals surface area contributed by atoms with Crippen LogP contribution in [0.15, 0.2) is 6.33 Å². The minimum Gasteiger partial charge on any atom is -0.347 e. The number of carbonyl (C=O) groups excluding carboxylic acids is 1. The molecule has 88 valence electrons. The lowest BCUT2D eigenvalue weighted by molar-refractivity contribution is 0.0911. The van der Waals surface area contributed by atoms with Crippen LogP contribution in [0.2, 0.25) is 0 Å². The Morgan fingerprint density at radius 1 is 1.50 bits per heavy atom. The van der Waals surface area contributed by atoms with Crippen LogP contribution in [-0.4, -0.2) is 32.8 Å². The summed E-state index contributed by atoms with van der Waals surface area (Å²) >= 11 is 0. The van der Waals surface area contributed by atoms with Gasteiger partial charge in [0.1, 0.15) is 6.33 Å². The van der Waals surface area contributed by atoms with Crippen LogP contribution in [0, 0.1) is 0 Å². The summed E-state index contributed by atoms with van der Waals surface area (Å²) in [6.45, 7) is 0. The van der Waals surface area contributed by atoms with Crippen molar-refractivity contribution in [1.82, 2.24) is 20.1 Å². The number of aryl methyl sites for hydroxylation is 1. The van der Waals surface area contributed by atoms with E-state index in [2.05, 4.69) is 15.4 Å². The molecule has 1 heterocycles. The molecule has 1 fully saturated rings. The van der Waals surface area contributed by atoms with Gasteiger partial charge in [-0.1, -0.05) is 0 Å². The van der Waals surface area contributed by atoms with E-state index in [-0.39, 0.29) is 11.9 Å². The quantitative estimate of drug-likeness (QED) is 0.728. The number of hydrogen-bond donors (Lipinski definition) is 2. The Morgan fingerprint density at radius 2 is 2.19 bits per heavy atom. The molecule has 1 aromatic heterocycles. The summed E-state index contributed by atoms with van der Waals surface area (Å²) < 4.78 is 1.48. The van der Waals surface area contributed by atoms with Crippen LogP contribution in [0.5, 0.6) is 0 Å². The molecule has 0 radical (unpaired) electrons. The third-order valence-electron chi connectivity index (χ3n) is 3.02. The summed E-state index contributed by atoms with van der Waals surface area (Å²) in [6, 6.07) is 0.520. The van der Waals surface area contributed by atoms with Crippen molar-refractivity contribution in [2.45, 2.75) is 37.8 Å². The third-order valence-corrected chi connectivity index (χ3v) is 3.02. The highest BCUT2D eigenvalue weighted by atomic mass is 16.2. The van der Waals surface area contributed by atoms with Gasteiger partial charge in [-0.2, -0.15) is 5.10 Å². The molecule has 16 heavy (non-hydrogen) atoms. The van der Waals surface area contributed by atoms with Gasteiger partial charge in [-0.25, -0.2) is 9.67 Å². The van der Waals surface area contributed by atoms with Crippen LogP contribution in [-0.2, 0) is 7.05 Å². The van der Waals surface area contributed by atoms with Crippen molar-refractivity contribution in [2.75, 3.05) is 0 Å². The molecule has 1 aliphatic carbocycles. The van der Waals surface area contributed by atoms with Crippen LogP contribution < -0.4 is 11.1 Å². The Morgan fingerprint density at radius 3 is 2.75 bits per heavy atom. The Balaban J connectivity index is 1.91. The van der Waals surface area contributed by atoms with Gasteiger partial charge in [0.05, 0.1) is 0 Å². The first-order valence-electron chi connectivity index (χ1n) is 5.57. The highest BCUT2D eigenvalue weighted by molar-refractivity contribution is 5.90. The summed E-state index contributed by atoms with van der Waals surface area (Å²) in [4.78, 5) is 15.7. The summed E-state index contributed by atoms with van der Waals surface area (Å²) in [6.07, 6.45) is 5.23. The summed E-state index contributed by atoms with van der Waals surface area (Å²) in [7, 11) is 1.71. The molecule has 0 aliphatic heterocycles. The lowest BCUT2D eigenvalue weighted by Gasteiger charge is -2.26. The second-order valence-corrected chi connectivity index (χ2v) is 4.29. The molecule has 0 saturated heterocycles. The maximum absolute atomic E-state index is 11.8. The fourth-order valence-electron chi connectivity index (χ4n) is 2.02. The largest absolute Gasteiger partial charge is 0.347 e. The summed E-state index contributed by atoms with van der Waals surface area (Å²) in [5.41, 5.74) is 5.81. The molecular formula is C10H17N5O. The molecule has 6 heteroatoms. The first kappa shape index (κ1) is 11.1. The van der Waals surface area contributed by atoms with Crippen molar-refractivity contribution >= 4 is 5.91 Å². The van der Waals surface area contributed by atoms with Crippen molar-refractivity contribution < 1.29 is 4.79 Å². The predicted octanol–water partition coefficient (Wildman–Crippen LogP) is -0.185. The van der Waals surface area contributed by atoms with Gasteiger partial charge in [0.15, 0.2) is 0 Å². The first-order chi connectivity index (χ1) is 7.66. The van der Waals surface area contributed by atoms with Crippen LogP contribution >= 0.6 is 0 Å². The van der Waals surface area contributed by atoms with E-state index in [0.29, 0.717) is 11.9 Å². The number of hydrogen-bond acceptors (Lipinski definition) is 4. The zero-order valence-electron chi connectivity index (χ0n) is 9.39. The van der Waals surface area contributed by atoms with E-state index in [4.69, 9.17) is 5.73 Å². The number of nitrogens with two attached hydrogens (primary N) is 1. The van der Waals surface area contributed by atoms with Crippen molar-refractivity contribution in [3.8, 4) is 0 Å². The number of rotatable bonds is 2. The van der Waals surface area contributed by atoms with Gasteiger partial charge in [-0.3, -0.25) is 4.79 Å². The third kappa shape index (κ3) is 2.38. The van der Waals surface area contributed by atoms with E-state index in [9.17, 15) is 4.79 Å². The highest BCUT2D eigenvalue weighted by Gasteiger charge is 2.22. The second kappa shape index (κ2) is 4.61. The van der Waals surface area contributed by atoms with E-state index in [1.807, 2.05) is 0 Å². The molecule has 0 unspecified atom stereocenters. The molecule has 0 aromatic carbocycles. The van der Waals surface area contributed by atoms with Crippen molar-refractivity contribution in [1.29, 1.82) is 0 Å². The normalized spacial score (nSPS) is 25.4. The van der Waals surface area contributed by atoms with E-state index in [1.54, 1.807) is 7.05 Å². The Labute approximate surface area is 94.2 Å². The smallest absolute Gasteiger partial charge is 0.289 e. The maximum atomic E-state index is 11.8. The average Bonchev–Trinajstić information content (AvgIpc) is 2.68. The molecular weight excluding hydrogens is 206 g/mol. The highest BCUT2D eigenvalue weighted by Crippen LogP contribution is 2.17. The zero-order chi connectivity index (χ0) is 11.5. The minimum atomic E-state index is -0.152. The van der Waals surface area contributed by atoms with E-state index >= 15 is 0 Å². The molecule has 1 saturated carbocycles. The van der Waals surface area contributed by atoms with Crippen LogP contribution in [0.3, 0.4) is 0 Å². The fourth-order valence-corrected chi connectivity index (χ4v) is 2.02. The van der Waals surface area contributed by atoms with E-state index < -0.39 is 0 Å². The maximum Gasteiger partial charge on any atom is 0.289 e. The molecule has 0 bridgehead atoms. The van der Waals surface area contributed by atoms with E-state index in [0.717, 1.165) is 25.7 Å². The van der Waals surface area contributed by atoms with Crippen molar-refractivity contribution in [3.05, 3.63) is 12.2 Å². The molecule has 1 amide bonds. The van der Waals surface area contributed by atoms with Gasteiger partial charge in [-0.15, -0.1) is 0 Å².